The molecule has 0 aliphatic rings. The lowest BCUT2D eigenvalue weighted by molar-refractivity contribution is -0.385. The third kappa shape index (κ3) is 5.71. The number of rotatable bonds is 8. The van der Waals surface area contributed by atoms with E-state index >= 15 is 0 Å². The molecular weight excluding hydrogens is 390 g/mol. The van der Waals surface area contributed by atoms with E-state index in [1.165, 1.54) is 31.4 Å². The molecule has 0 fully saturated rings. The minimum absolute atomic E-state index is 0.0516. The molecule has 0 bridgehead atoms. The van der Waals surface area contributed by atoms with Crippen LogP contribution in [-0.4, -0.2) is 37.1 Å². The Bertz CT molecular complexity index is 935. The lowest BCUT2D eigenvalue weighted by Crippen LogP contribution is -2.43. The van der Waals surface area contributed by atoms with Crippen molar-refractivity contribution in [3.63, 3.8) is 0 Å². The molecule has 154 valence electrons. The molecule has 0 saturated heterocycles. The standard InChI is InChI=1S/C19H18F2N2O6/c1-28-17-6-4-12(9-16(17)23(26)27)8-15(19(25)29-2)22-18(24)10-11-3-5-13(20)14(21)7-11/h3-7,9,15H,8,10H2,1-2H3,(H,22,24)/t15-/m0/s1. The Labute approximate surface area is 164 Å². The predicted octanol–water partition coefficient (Wildman–Crippen LogP) is 2.32. The van der Waals surface area contributed by atoms with E-state index in [2.05, 4.69) is 10.1 Å². The second kappa shape index (κ2) is 9.58. The minimum Gasteiger partial charge on any atom is -0.490 e. The van der Waals surface area contributed by atoms with Crippen LogP contribution in [0.3, 0.4) is 0 Å². The van der Waals surface area contributed by atoms with Crippen LogP contribution in [0.15, 0.2) is 36.4 Å². The summed E-state index contributed by atoms with van der Waals surface area (Å²) in [5, 5.41) is 13.6. The molecule has 0 radical (unpaired) electrons. The van der Waals surface area contributed by atoms with Crippen molar-refractivity contribution in [3.05, 3.63) is 69.3 Å². The number of halogens is 2. The molecular formula is C19H18F2N2O6. The van der Waals surface area contributed by atoms with E-state index in [1.807, 2.05) is 0 Å². The van der Waals surface area contributed by atoms with Crippen molar-refractivity contribution in [2.75, 3.05) is 14.2 Å². The number of nitrogens with one attached hydrogen (secondary N) is 1. The van der Waals surface area contributed by atoms with Crippen molar-refractivity contribution in [2.45, 2.75) is 18.9 Å². The molecule has 10 heteroatoms. The normalized spacial score (nSPS) is 11.4. The number of ether oxygens (including phenoxy) is 2. The fourth-order valence-corrected chi connectivity index (χ4v) is 2.66. The summed E-state index contributed by atoms with van der Waals surface area (Å²) < 4.78 is 35.9. The number of nitro groups is 1. The Balaban J connectivity index is 2.16. The quantitative estimate of drug-likeness (QED) is 0.408. The van der Waals surface area contributed by atoms with Gasteiger partial charge < -0.3 is 14.8 Å². The molecule has 2 rings (SSSR count). The van der Waals surface area contributed by atoms with Crippen LogP contribution in [0.2, 0.25) is 0 Å². The van der Waals surface area contributed by atoms with Gasteiger partial charge in [0.25, 0.3) is 0 Å². The van der Waals surface area contributed by atoms with E-state index in [0.717, 1.165) is 19.2 Å². The van der Waals surface area contributed by atoms with Crippen molar-refractivity contribution < 1.29 is 32.8 Å². The highest BCUT2D eigenvalue weighted by Gasteiger charge is 2.24. The average molecular weight is 408 g/mol. The molecule has 2 aromatic rings. The number of hydrogen-bond donors (Lipinski definition) is 1. The molecule has 8 nitrogen and oxygen atoms in total. The molecule has 0 heterocycles. The van der Waals surface area contributed by atoms with E-state index in [4.69, 9.17) is 4.74 Å². The Morgan fingerprint density at radius 1 is 1.10 bits per heavy atom. The first-order valence-corrected chi connectivity index (χ1v) is 8.37. The summed E-state index contributed by atoms with van der Waals surface area (Å²) in [6.07, 6.45) is -0.380. The van der Waals surface area contributed by atoms with E-state index in [9.17, 15) is 28.5 Å². The van der Waals surface area contributed by atoms with Gasteiger partial charge in [-0.3, -0.25) is 14.9 Å². The molecule has 0 spiro atoms. The van der Waals surface area contributed by atoms with E-state index in [0.29, 0.717) is 5.56 Å². The van der Waals surface area contributed by atoms with Gasteiger partial charge in [0.2, 0.25) is 5.91 Å². The van der Waals surface area contributed by atoms with Gasteiger partial charge in [-0.2, -0.15) is 0 Å². The molecule has 0 saturated carbocycles. The van der Waals surface area contributed by atoms with Crippen LogP contribution in [0.25, 0.3) is 0 Å². The zero-order valence-corrected chi connectivity index (χ0v) is 15.6. The van der Waals surface area contributed by atoms with Gasteiger partial charge in [0.15, 0.2) is 17.4 Å². The Kier molecular flexibility index (Phi) is 7.18. The maximum atomic E-state index is 13.3. The predicted molar refractivity (Wildman–Crippen MR) is 97.4 cm³/mol. The molecule has 0 aromatic heterocycles. The summed E-state index contributed by atoms with van der Waals surface area (Å²) in [4.78, 5) is 34.8. The summed E-state index contributed by atoms with van der Waals surface area (Å²) in [5.74, 6) is -3.47. The van der Waals surface area contributed by atoms with Crippen LogP contribution in [0.5, 0.6) is 5.75 Å². The summed E-state index contributed by atoms with van der Waals surface area (Å²) in [6.45, 7) is 0. The largest absolute Gasteiger partial charge is 0.490 e. The van der Waals surface area contributed by atoms with Gasteiger partial charge in [-0.15, -0.1) is 0 Å². The zero-order valence-electron chi connectivity index (χ0n) is 15.6. The fourth-order valence-electron chi connectivity index (χ4n) is 2.66. The number of carbonyl (C=O) groups is 2. The SMILES string of the molecule is COC(=O)[C@H](Cc1ccc(OC)c([N+](=O)[O-])c1)NC(=O)Cc1ccc(F)c(F)c1. The van der Waals surface area contributed by atoms with Gasteiger partial charge in [0.05, 0.1) is 25.6 Å². The highest BCUT2D eigenvalue weighted by atomic mass is 19.2. The van der Waals surface area contributed by atoms with Crippen LogP contribution in [-0.2, 0) is 27.2 Å². The molecule has 29 heavy (non-hydrogen) atoms. The topological polar surface area (TPSA) is 108 Å². The third-order valence-electron chi connectivity index (χ3n) is 4.05. The summed E-state index contributed by atoms with van der Waals surface area (Å²) >= 11 is 0. The number of nitro benzene ring substituents is 1. The lowest BCUT2D eigenvalue weighted by atomic mass is 10.0. The van der Waals surface area contributed by atoms with E-state index in [1.54, 1.807) is 0 Å². The highest BCUT2D eigenvalue weighted by molar-refractivity contribution is 5.85. The van der Waals surface area contributed by atoms with E-state index < -0.39 is 34.5 Å². The average Bonchev–Trinajstić information content (AvgIpc) is 2.69. The lowest BCUT2D eigenvalue weighted by Gasteiger charge is -2.17. The number of hydrogen-bond acceptors (Lipinski definition) is 6. The van der Waals surface area contributed by atoms with Crippen LogP contribution in [0.4, 0.5) is 14.5 Å². The third-order valence-corrected chi connectivity index (χ3v) is 4.05. The highest BCUT2D eigenvalue weighted by Crippen LogP contribution is 2.28. The van der Waals surface area contributed by atoms with Gasteiger partial charge in [0.1, 0.15) is 6.04 Å². The maximum absolute atomic E-state index is 13.3. The van der Waals surface area contributed by atoms with Crippen molar-refractivity contribution in [1.82, 2.24) is 5.32 Å². The summed E-state index contributed by atoms with van der Waals surface area (Å²) in [5.41, 5.74) is 0.313. The van der Waals surface area contributed by atoms with Crippen molar-refractivity contribution in [2.24, 2.45) is 0 Å². The van der Waals surface area contributed by atoms with Gasteiger partial charge in [-0.05, 0) is 29.3 Å². The van der Waals surface area contributed by atoms with Crippen molar-refractivity contribution in [1.29, 1.82) is 0 Å². The van der Waals surface area contributed by atoms with Crippen molar-refractivity contribution >= 4 is 17.6 Å². The van der Waals surface area contributed by atoms with Gasteiger partial charge in [0, 0.05) is 12.5 Å². The van der Waals surface area contributed by atoms with Crippen LogP contribution < -0.4 is 10.1 Å². The summed E-state index contributed by atoms with van der Waals surface area (Å²) in [7, 11) is 2.42. The Morgan fingerprint density at radius 3 is 2.38 bits per heavy atom. The molecule has 1 amide bonds. The molecule has 1 atom stereocenters. The first kappa shape index (κ1) is 21.7. The Hall–Kier alpha value is -3.56. The van der Waals surface area contributed by atoms with Crippen LogP contribution >= 0.6 is 0 Å². The fraction of sp³-hybridized carbons (Fsp3) is 0.263. The number of amides is 1. The Morgan fingerprint density at radius 2 is 1.79 bits per heavy atom. The summed E-state index contributed by atoms with van der Waals surface area (Å²) in [6, 6.07) is 6.02. The number of esters is 1. The van der Waals surface area contributed by atoms with E-state index in [-0.39, 0.29) is 29.8 Å². The zero-order chi connectivity index (χ0) is 21.6. The maximum Gasteiger partial charge on any atom is 0.328 e. The second-order valence-corrected chi connectivity index (χ2v) is 6.04. The first-order chi connectivity index (χ1) is 13.7. The number of nitrogens with zero attached hydrogens (tertiary/aromatic N) is 1. The molecule has 0 aliphatic carbocycles. The number of methoxy groups -OCH3 is 2. The van der Waals surface area contributed by atoms with Gasteiger partial charge in [-0.25, -0.2) is 13.6 Å². The van der Waals surface area contributed by atoms with Gasteiger partial charge in [-0.1, -0.05) is 12.1 Å². The molecule has 0 unspecified atom stereocenters. The second-order valence-electron chi connectivity index (χ2n) is 6.04. The first-order valence-electron chi connectivity index (χ1n) is 8.37. The molecule has 1 N–H and O–H groups in total. The smallest absolute Gasteiger partial charge is 0.328 e. The monoisotopic (exact) mass is 408 g/mol. The number of benzene rings is 2. The number of carbonyl (C=O) groups excluding carboxylic acids is 2. The van der Waals surface area contributed by atoms with Gasteiger partial charge >= 0.3 is 11.7 Å². The van der Waals surface area contributed by atoms with Crippen molar-refractivity contribution in [3.8, 4) is 5.75 Å². The molecule has 2 aromatic carbocycles. The molecule has 0 aliphatic heterocycles. The minimum atomic E-state index is -1.13. The van der Waals surface area contributed by atoms with Crippen LogP contribution in [0, 0.1) is 21.7 Å². The van der Waals surface area contributed by atoms with Crippen LogP contribution in [0.1, 0.15) is 11.1 Å².